The minimum atomic E-state index is -0.150. The minimum Gasteiger partial charge on any atom is -0.488 e. The summed E-state index contributed by atoms with van der Waals surface area (Å²) in [5, 5.41) is 0.770. The van der Waals surface area contributed by atoms with E-state index in [-0.39, 0.29) is 9.68 Å². The molecule has 1 aromatic carbocycles. The number of aryl methyl sites for hydroxylation is 1. The molecule has 0 N–H and O–H groups in total. The van der Waals surface area contributed by atoms with Gasteiger partial charge in [-0.05, 0) is 57.7 Å². The molecule has 2 aromatic rings. The zero-order valence-electron chi connectivity index (χ0n) is 16.3. The standard InChI is InChI=1S/C21H30N2OS2/c1-5-19-14-25-21(26-19,15-23-13-12-22-16-23)11-10-17-6-8-18(9-7-17)24-20(2,3)4/h6-9,12-13,16,19H,5,10-11,14-15H2,1-4H3. The van der Waals surface area contributed by atoms with Gasteiger partial charge in [0.05, 0.1) is 10.4 Å². The van der Waals surface area contributed by atoms with Crippen LogP contribution in [0.5, 0.6) is 5.75 Å². The quantitative estimate of drug-likeness (QED) is 0.610. The van der Waals surface area contributed by atoms with Crippen LogP contribution in [0.4, 0.5) is 0 Å². The smallest absolute Gasteiger partial charge is 0.120 e. The van der Waals surface area contributed by atoms with Crippen LogP contribution in [-0.2, 0) is 13.0 Å². The number of aromatic nitrogens is 2. The van der Waals surface area contributed by atoms with Crippen LogP contribution in [0.25, 0.3) is 0 Å². The van der Waals surface area contributed by atoms with E-state index in [0.29, 0.717) is 0 Å². The van der Waals surface area contributed by atoms with Crippen molar-refractivity contribution in [3.63, 3.8) is 0 Å². The Morgan fingerprint density at radius 2 is 2.04 bits per heavy atom. The molecule has 1 aliphatic rings. The third kappa shape index (κ3) is 5.46. The average Bonchev–Trinajstić information content (AvgIpc) is 3.23. The molecule has 0 saturated carbocycles. The molecule has 26 heavy (non-hydrogen) atoms. The molecule has 0 bridgehead atoms. The molecule has 3 nitrogen and oxygen atoms in total. The number of ether oxygens (including phenoxy) is 1. The summed E-state index contributed by atoms with van der Waals surface area (Å²) in [5.74, 6) is 2.21. The molecule has 1 aromatic heterocycles. The van der Waals surface area contributed by atoms with Gasteiger partial charge < -0.3 is 9.30 Å². The van der Waals surface area contributed by atoms with Gasteiger partial charge in [-0.25, -0.2) is 4.98 Å². The zero-order valence-corrected chi connectivity index (χ0v) is 17.9. The van der Waals surface area contributed by atoms with Crippen LogP contribution >= 0.6 is 23.5 Å². The first-order valence-electron chi connectivity index (χ1n) is 9.43. The molecule has 142 valence electrons. The van der Waals surface area contributed by atoms with Crippen molar-refractivity contribution in [2.45, 2.75) is 68.4 Å². The Kier molecular flexibility index (Phi) is 6.29. The van der Waals surface area contributed by atoms with Gasteiger partial charge in [-0.15, -0.1) is 23.5 Å². The summed E-state index contributed by atoms with van der Waals surface area (Å²) < 4.78 is 8.42. The summed E-state index contributed by atoms with van der Waals surface area (Å²) >= 11 is 4.32. The maximum atomic E-state index is 5.93. The summed E-state index contributed by atoms with van der Waals surface area (Å²) in [6.07, 6.45) is 9.43. The van der Waals surface area contributed by atoms with Crippen molar-refractivity contribution in [2.24, 2.45) is 0 Å². The van der Waals surface area contributed by atoms with Crippen molar-refractivity contribution in [3.05, 3.63) is 48.5 Å². The van der Waals surface area contributed by atoms with Gasteiger partial charge in [0.2, 0.25) is 0 Å². The van der Waals surface area contributed by atoms with Gasteiger partial charge in [0.25, 0.3) is 0 Å². The topological polar surface area (TPSA) is 27.1 Å². The molecule has 5 heteroatoms. The molecular formula is C21H30N2OS2. The Morgan fingerprint density at radius 1 is 1.27 bits per heavy atom. The van der Waals surface area contributed by atoms with Crippen LogP contribution in [0.15, 0.2) is 43.0 Å². The molecule has 1 aliphatic heterocycles. The Labute approximate surface area is 166 Å². The maximum absolute atomic E-state index is 5.93. The molecule has 0 aliphatic carbocycles. The first kappa shape index (κ1) is 19.7. The highest BCUT2D eigenvalue weighted by Gasteiger charge is 2.40. The highest BCUT2D eigenvalue weighted by molar-refractivity contribution is 8.21. The molecule has 0 spiro atoms. The summed E-state index contributed by atoms with van der Waals surface area (Å²) in [4.78, 5) is 4.22. The van der Waals surface area contributed by atoms with Crippen LogP contribution in [0.2, 0.25) is 0 Å². The fourth-order valence-electron chi connectivity index (χ4n) is 3.18. The van der Waals surface area contributed by atoms with Gasteiger partial charge in [-0.1, -0.05) is 19.1 Å². The summed E-state index contributed by atoms with van der Waals surface area (Å²) in [6.45, 7) is 9.59. The third-order valence-corrected chi connectivity index (χ3v) is 8.37. The monoisotopic (exact) mass is 390 g/mol. The average molecular weight is 391 g/mol. The molecule has 0 radical (unpaired) electrons. The number of thioether (sulfide) groups is 2. The largest absolute Gasteiger partial charge is 0.488 e. The lowest BCUT2D eigenvalue weighted by Crippen LogP contribution is -2.25. The fraction of sp³-hybridized carbons (Fsp3) is 0.571. The van der Waals surface area contributed by atoms with Crippen molar-refractivity contribution < 1.29 is 4.74 Å². The van der Waals surface area contributed by atoms with Crippen LogP contribution in [0.3, 0.4) is 0 Å². The molecule has 3 rings (SSSR count). The molecule has 1 fully saturated rings. The number of hydrogen-bond donors (Lipinski definition) is 0. The Hall–Kier alpha value is -1.07. The Balaban J connectivity index is 1.64. The summed E-state index contributed by atoms with van der Waals surface area (Å²) in [7, 11) is 0. The van der Waals surface area contributed by atoms with Gasteiger partial charge in [0.1, 0.15) is 11.4 Å². The van der Waals surface area contributed by atoms with Gasteiger partial charge in [-0.3, -0.25) is 0 Å². The molecule has 1 saturated heterocycles. The second-order valence-electron chi connectivity index (χ2n) is 7.96. The van der Waals surface area contributed by atoms with Gasteiger partial charge in [0, 0.05) is 29.9 Å². The van der Waals surface area contributed by atoms with Gasteiger partial charge in [0.15, 0.2) is 0 Å². The Morgan fingerprint density at radius 3 is 2.62 bits per heavy atom. The first-order chi connectivity index (χ1) is 12.4. The van der Waals surface area contributed by atoms with Crippen molar-refractivity contribution in [1.29, 1.82) is 0 Å². The number of benzene rings is 1. The SMILES string of the molecule is CCC1CSC(CCc2ccc(OC(C)(C)C)cc2)(Cn2ccnc2)S1. The molecule has 0 amide bonds. The number of imidazole rings is 1. The van der Waals surface area contributed by atoms with E-state index in [1.165, 1.54) is 24.2 Å². The second-order valence-corrected chi connectivity index (χ2v) is 11.3. The van der Waals surface area contributed by atoms with Crippen molar-refractivity contribution in [1.82, 2.24) is 9.55 Å². The molecule has 2 atom stereocenters. The number of hydrogen-bond acceptors (Lipinski definition) is 4. The lowest BCUT2D eigenvalue weighted by molar-refractivity contribution is 0.131. The predicted octanol–water partition coefficient (Wildman–Crippen LogP) is 5.65. The summed E-state index contributed by atoms with van der Waals surface area (Å²) in [5.41, 5.74) is 1.24. The normalized spacial score (nSPS) is 23.3. The second kappa shape index (κ2) is 8.30. The fourth-order valence-corrected chi connectivity index (χ4v) is 6.97. The molecular weight excluding hydrogens is 360 g/mol. The third-order valence-electron chi connectivity index (χ3n) is 4.49. The van der Waals surface area contributed by atoms with Gasteiger partial charge >= 0.3 is 0 Å². The van der Waals surface area contributed by atoms with E-state index in [0.717, 1.165) is 24.0 Å². The van der Waals surface area contributed by atoms with Crippen LogP contribution in [0, 0.1) is 0 Å². The molecule has 2 unspecified atom stereocenters. The van der Waals surface area contributed by atoms with Crippen molar-refractivity contribution >= 4 is 23.5 Å². The van der Waals surface area contributed by atoms with Crippen LogP contribution < -0.4 is 4.74 Å². The van der Waals surface area contributed by atoms with Crippen LogP contribution in [0.1, 0.15) is 46.1 Å². The first-order valence-corrected chi connectivity index (χ1v) is 11.3. The number of rotatable bonds is 7. The van der Waals surface area contributed by atoms with E-state index in [4.69, 9.17) is 4.74 Å². The highest BCUT2D eigenvalue weighted by atomic mass is 32.2. The maximum Gasteiger partial charge on any atom is 0.120 e. The van der Waals surface area contributed by atoms with Gasteiger partial charge in [-0.2, -0.15) is 0 Å². The number of nitrogens with zero attached hydrogens (tertiary/aromatic N) is 2. The lowest BCUT2D eigenvalue weighted by Gasteiger charge is -2.28. The Bertz CT molecular complexity index is 679. The molecule has 2 heterocycles. The summed E-state index contributed by atoms with van der Waals surface area (Å²) in [6, 6.07) is 8.64. The lowest BCUT2D eigenvalue weighted by atomic mass is 10.1. The zero-order chi connectivity index (χ0) is 18.6. The van der Waals surface area contributed by atoms with E-state index >= 15 is 0 Å². The van der Waals surface area contributed by atoms with E-state index in [2.05, 4.69) is 91.2 Å². The van der Waals surface area contributed by atoms with Crippen molar-refractivity contribution in [3.8, 4) is 5.75 Å². The van der Waals surface area contributed by atoms with Crippen molar-refractivity contribution in [2.75, 3.05) is 5.75 Å². The predicted molar refractivity (Wildman–Crippen MR) is 114 cm³/mol. The van der Waals surface area contributed by atoms with E-state index < -0.39 is 0 Å². The van der Waals surface area contributed by atoms with E-state index in [9.17, 15) is 0 Å². The van der Waals surface area contributed by atoms with E-state index in [1.807, 2.05) is 12.5 Å². The van der Waals surface area contributed by atoms with Crippen LogP contribution in [-0.4, -0.2) is 30.2 Å². The van der Waals surface area contributed by atoms with E-state index in [1.54, 1.807) is 0 Å². The highest BCUT2D eigenvalue weighted by Crippen LogP contribution is 2.52. The minimum absolute atomic E-state index is 0.150.